The second-order valence-electron chi connectivity index (χ2n) is 5.19. The summed E-state index contributed by atoms with van der Waals surface area (Å²) in [7, 11) is -3.63. The van der Waals surface area contributed by atoms with Crippen molar-refractivity contribution in [2.45, 2.75) is 12.3 Å². The van der Waals surface area contributed by atoms with E-state index in [2.05, 4.69) is 14.9 Å². The molecule has 0 saturated carbocycles. The molecule has 2 aromatic carbocycles. The highest BCUT2D eigenvalue weighted by atomic mass is 35.5. The number of rotatable bonds is 6. The third kappa shape index (κ3) is 4.79. The maximum absolute atomic E-state index is 12.2. The molecule has 0 saturated heterocycles. The van der Waals surface area contributed by atoms with Gasteiger partial charge in [0.25, 0.3) is 0 Å². The monoisotopic (exact) mass is 397 g/mol. The van der Waals surface area contributed by atoms with E-state index in [0.717, 1.165) is 5.56 Å². The molecule has 6 nitrogen and oxygen atoms in total. The molecule has 0 radical (unpaired) electrons. The molecule has 0 amide bonds. The van der Waals surface area contributed by atoms with Gasteiger partial charge < -0.3 is 4.52 Å². The summed E-state index contributed by atoms with van der Waals surface area (Å²) in [5.41, 5.74) is 1.24. The number of aromatic nitrogens is 2. The molecular weight excluding hydrogens is 385 g/mol. The Balaban J connectivity index is 1.65. The summed E-state index contributed by atoms with van der Waals surface area (Å²) < 4.78 is 31.9. The van der Waals surface area contributed by atoms with E-state index in [9.17, 15) is 8.42 Å². The molecule has 1 N–H and O–H groups in total. The summed E-state index contributed by atoms with van der Waals surface area (Å²) in [6.45, 7) is -0.104. The third-order valence-electron chi connectivity index (χ3n) is 3.30. The summed E-state index contributed by atoms with van der Waals surface area (Å²) in [6, 6.07) is 13.9. The van der Waals surface area contributed by atoms with Gasteiger partial charge in [0, 0.05) is 15.6 Å². The van der Waals surface area contributed by atoms with Crippen LogP contribution in [0.4, 0.5) is 0 Å². The predicted octanol–water partition coefficient (Wildman–Crippen LogP) is 3.66. The van der Waals surface area contributed by atoms with Crippen molar-refractivity contribution in [2.75, 3.05) is 0 Å². The second kappa shape index (κ2) is 7.53. The van der Waals surface area contributed by atoms with Gasteiger partial charge in [0.15, 0.2) is 0 Å². The first-order chi connectivity index (χ1) is 11.9. The first-order valence-electron chi connectivity index (χ1n) is 7.22. The van der Waals surface area contributed by atoms with Crippen molar-refractivity contribution in [3.63, 3.8) is 0 Å². The third-order valence-corrected chi connectivity index (χ3v) is 5.17. The summed E-state index contributed by atoms with van der Waals surface area (Å²) in [5, 5.41) is 4.57. The highest BCUT2D eigenvalue weighted by Crippen LogP contribution is 2.22. The van der Waals surface area contributed by atoms with Crippen molar-refractivity contribution in [1.29, 1.82) is 0 Å². The van der Waals surface area contributed by atoms with Crippen LogP contribution in [0.15, 0.2) is 53.1 Å². The second-order valence-corrected chi connectivity index (χ2v) is 7.84. The van der Waals surface area contributed by atoms with Gasteiger partial charge in [-0.05, 0) is 17.7 Å². The van der Waals surface area contributed by atoms with Gasteiger partial charge in [0.2, 0.25) is 21.7 Å². The van der Waals surface area contributed by atoms with Gasteiger partial charge in [-0.1, -0.05) is 64.8 Å². The van der Waals surface area contributed by atoms with Gasteiger partial charge in [-0.3, -0.25) is 0 Å². The van der Waals surface area contributed by atoms with E-state index in [1.165, 1.54) is 6.07 Å². The molecule has 3 rings (SSSR count). The Morgan fingerprint density at radius 2 is 1.84 bits per heavy atom. The van der Waals surface area contributed by atoms with Crippen LogP contribution in [0.25, 0.3) is 11.4 Å². The molecule has 1 heterocycles. The molecule has 130 valence electrons. The van der Waals surface area contributed by atoms with Crippen molar-refractivity contribution in [1.82, 2.24) is 14.9 Å². The Bertz CT molecular complexity index is 975. The molecule has 0 spiro atoms. The molecule has 25 heavy (non-hydrogen) atoms. The van der Waals surface area contributed by atoms with Gasteiger partial charge in [0.05, 0.1) is 12.3 Å². The molecule has 1 aromatic heterocycles. The van der Waals surface area contributed by atoms with Gasteiger partial charge >= 0.3 is 0 Å². The van der Waals surface area contributed by atoms with Crippen molar-refractivity contribution in [3.8, 4) is 11.4 Å². The summed E-state index contributed by atoms with van der Waals surface area (Å²) >= 11 is 11.8. The fourth-order valence-corrected chi connectivity index (χ4v) is 3.76. The van der Waals surface area contributed by atoms with Crippen LogP contribution in [0.2, 0.25) is 10.0 Å². The van der Waals surface area contributed by atoms with Crippen molar-refractivity contribution in [3.05, 3.63) is 70.0 Å². The van der Waals surface area contributed by atoms with Crippen molar-refractivity contribution in [2.24, 2.45) is 0 Å². The van der Waals surface area contributed by atoms with Crippen LogP contribution >= 0.6 is 23.2 Å². The minimum absolute atomic E-state index is 0.104. The Labute approximate surface area is 154 Å². The van der Waals surface area contributed by atoms with Crippen LogP contribution in [0.3, 0.4) is 0 Å². The standard InChI is InChI=1S/C16H13Cl2N3O3S/c17-13-7-6-12(14(18)8-13)10-25(22,23)19-9-15-20-16(21-24-15)11-4-2-1-3-5-11/h1-8,19H,9-10H2. The predicted molar refractivity (Wildman–Crippen MR) is 95.7 cm³/mol. The highest BCUT2D eigenvalue weighted by molar-refractivity contribution is 7.88. The first kappa shape index (κ1) is 17.9. The minimum atomic E-state index is -3.63. The maximum atomic E-state index is 12.2. The van der Waals surface area contributed by atoms with Crippen LogP contribution in [0.5, 0.6) is 0 Å². The molecule has 0 aliphatic carbocycles. The molecule has 9 heteroatoms. The lowest BCUT2D eigenvalue weighted by Gasteiger charge is -2.06. The van der Waals surface area contributed by atoms with Gasteiger partial charge in [-0.15, -0.1) is 0 Å². The molecule has 0 unspecified atom stereocenters. The zero-order chi connectivity index (χ0) is 17.9. The molecule has 0 aliphatic heterocycles. The fourth-order valence-electron chi connectivity index (χ4n) is 2.10. The van der Waals surface area contributed by atoms with Gasteiger partial charge in [0.1, 0.15) is 0 Å². The Hall–Kier alpha value is -1.93. The van der Waals surface area contributed by atoms with Crippen LogP contribution in [-0.2, 0) is 22.3 Å². The average Bonchev–Trinajstić information content (AvgIpc) is 3.06. The molecule has 0 bridgehead atoms. The number of sulfonamides is 1. The normalized spacial score (nSPS) is 11.6. The lowest BCUT2D eigenvalue weighted by atomic mass is 10.2. The van der Waals surface area contributed by atoms with E-state index >= 15 is 0 Å². The zero-order valence-corrected chi connectivity index (χ0v) is 15.1. The summed E-state index contributed by atoms with van der Waals surface area (Å²) in [6.07, 6.45) is 0. The van der Waals surface area contributed by atoms with Crippen molar-refractivity contribution >= 4 is 33.2 Å². The first-order valence-corrected chi connectivity index (χ1v) is 9.63. The highest BCUT2D eigenvalue weighted by Gasteiger charge is 2.16. The smallest absolute Gasteiger partial charge is 0.242 e. The number of benzene rings is 2. The quantitative estimate of drug-likeness (QED) is 0.685. The number of hydrogen-bond acceptors (Lipinski definition) is 5. The molecule has 0 atom stereocenters. The van der Waals surface area contributed by atoms with E-state index < -0.39 is 10.0 Å². The van der Waals surface area contributed by atoms with E-state index in [0.29, 0.717) is 21.4 Å². The van der Waals surface area contributed by atoms with Crippen LogP contribution in [0.1, 0.15) is 11.5 Å². The number of hydrogen-bond donors (Lipinski definition) is 1. The summed E-state index contributed by atoms with van der Waals surface area (Å²) in [4.78, 5) is 4.17. The zero-order valence-electron chi connectivity index (χ0n) is 12.8. The Morgan fingerprint density at radius 1 is 1.08 bits per heavy atom. The number of halogens is 2. The molecule has 3 aromatic rings. The van der Waals surface area contributed by atoms with E-state index in [1.807, 2.05) is 30.3 Å². The minimum Gasteiger partial charge on any atom is -0.338 e. The number of nitrogens with one attached hydrogen (secondary N) is 1. The van der Waals surface area contributed by atoms with E-state index in [4.69, 9.17) is 27.7 Å². The largest absolute Gasteiger partial charge is 0.338 e. The maximum Gasteiger partial charge on any atom is 0.242 e. The Kier molecular flexibility index (Phi) is 5.39. The lowest BCUT2D eigenvalue weighted by Crippen LogP contribution is -2.25. The van der Waals surface area contributed by atoms with Crippen molar-refractivity contribution < 1.29 is 12.9 Å². The molecular formula is C16H13Cl2N3O3S. The van der Waals surface area contributed by atoms with E-state index in [1.54, 1.807) is 12.1 Å². The SMILES string of the molecule is O=S(=O)(Cc1ccc(Cl)cc1Cl)NCc1nc(-c2ccccc2)no1. The fraction of sp³-hybridized carbons (Fsp3) is 0.125. The number of nitrogens with zero attached hydrogens (tertiary/aromatic N) is 2. The van der Waals surface area contributed by atoms with Gasteiger partial charge in [-0.2, -0.15) is 4.98 Å². The Morgan fingerprint density at radius 3 is 2.56 bits per heavy atom. The van der Waals surface area contributed by atoms with Crippen LogP contribution in [-0.4, -0.2) is 18.6 Å². The molecule has 0 fully saturated rings. The topological polar surface area (TPSA) is 85.1 Å². The van der Waals surface area contributed by atoms with E-state index in [-0.39, 0.29) is 18.2 Å². The average molecular weight is 398 g/mol. The molecule has 0 aliphatic rings. The lowest BCUT2D eigenvalue weighted by molar-refractivity contribution is 0.376. The van der Waals surface area contributed by atoms with Gasteiger partial charge in [-0.25, -0.2) is 13.1 Å². The van der Waals surface area contributed by atoms with Crippen LogP contribution < -0.4 is 4.72 Å². The summed E-state index contributed by atoms with van der Waals surface area (Å²) in [5.74, 6) is 0.294. The van der Waals surface area contributed by atoms with Crippen LogP contribution in [0, 0.1) is 0 Å².